The number of nitrogens with one attached hydrogen (secondary N) is 2. The largest absolute Gasteiger partial charge is 0.444 e. The van der Waals surface area contributed by atoms with Crippen LogP contribution in [0.5, 0.6) is 0 Å². The van der Waals surface area contributed by atoms with Gasteiger partial charge in [0.2, 0.25) is 5.95 Å². The molecule has 0 bridgehead atoms. The van der Waals surface area contributed by atoms with Gasteiger partial charge in [0.05, 0.1) is 11.0 Å². The Morgan fingerprint density at radius 3 is 2.56 bits per heavy atom. The molecule has 1 saturated heterocycles. The van der Waals surface area contributed by atoms with Gasteiger partial charge in [-0.1, -0.05) is 6.07 Å². The minimum absolute atomic E-state index is 0.0392. The smallest absolute Gasteiger partial charge is 0.410 e. The molecule has 1 aliphatic carbocycles. The number of rotatable bonds is 7. The van der Waals surface area contributed by atoms with Crippen molar-refractivity contribution < 1.29 is 9.53 Å². The molecule has 2 aliphatic rings. The quantitative estimate of drug-likeness (QED) is 0.331. The highest BCUT2D eigenvalue weighted by molar-refractivity contribution is 5.83. The second kappa shape index (κ2) is 11.0. The molecule has 10 nitrogen and oxygen atoms in total. The number of aromatic nitrogens is 4. The Bertz CT molecular complexity index is 1610. The average Bonchev–Trinajstić information content (AvgIpc) is 3.66. The third kappa shape index (κ3) is 6.77. The molecule has 2 N–H and O–H groups in total. The number of ether oxygens (including phenoxy) is 1. The van der Waals surface area contributed by atoms with E-state index in [4.69, 9.17) is 4.74 Å². The number of hydrogen-bond acceptors (Lipinski definition) is 7. The zero-order valence-electron chi connectivity index (χ0n) is 23.9. The van der Waals surface area contributed by atoms with Gasteiger partial charge >= 0.3 is 6.09 Å². The zero-order chi connectivity index (χ0) is 28.6. The molecule has 0 radical (unpaired) electrons. The summed E-state index contributed by atoms with van der Waals surface area (Å²) in [5.74, 6) is 1.96. The van der Waals surface area contributed by atoms with Crippen LogP contribution in [0, 0.1) is 5.92 Å². The van der Waals surface area contributed by atoms with Crippen molar-refractivity contribution >= 4 is 28.9 Å². The van der Waals surface area contributed by atoms with Crippen LogP contribution in [0.4, 0.5) is 16.6 Å². The van der Waals surface area contributed by atoms with Gasteiger partial charge in [-0.25, -0.2) is 14.8 Å². The van der Waals surface area contributed by atoms with Crippen molar-refractivity contribution in [2.45, 2.75) is 52.3 Å². The SMILES string of the molecule is CC(C)(C)OC(=O)N1CCN(Cc2ccnc(Nc3nc4ccc(-c5ccn(CC6CC6)c(=O)c5)cc4[nH]3)c2)CC1. The van der Waals surface area contributed by atoms with Gasteiger partial charge in [-0.3, -0.25) is 9.69 Å². The van der Waals surface area contributed by atoms with Crippen molar-refractivity contribution in [3.05, 3.63) is 70.8 Å². The molecule has 10 heteroatoms. The summed E-state index contributed by atoms with van der Waals surface area (Å²) in [5, 5.41) is 3.30. The minimum Gasteiger partial charge on any atom is -0.444 e. The van der Waals surface area contributed by atoms with Crippen LogP contribution in [0.15, 0.2) is 59.7 Å². The number of pyridine rings is 2. The number of benzene rings is 1. The normalized spacial score (nSPS) is 16.2. The van der Waals surface area contributed by atoms with Gasteiger partial charge in [-0.2, -0.15) is 0 Å². The lowest BCUT2D eigenvalue weighted by Crippen LogP contribution is -2.49. The number of carbonyl (C=O) groups is 1. The molecule has 6 rings (SSSR count). The van der Waals surface area contributed by atoms with Crippen LogP contribution in [-0.2, 0) is 17.8 Å². The van der Waals surface area contributed by atoms with E-state index in [-0.39, 0.29) is 11.7 Å². The van der Waals surface area contributed by atoms with E-state index < -0.39 is 5.60 Å². The summed E-state index contributed by atoms with van der Waals surface area (Å²) in [4.78, 5) is 41.5. The summed E-state index contributed by atoms with van der Waals surface area (Å²) in [7, 11) is 0. The number of amides is 1. The van der Waals surface area contributed by atoms with Crippen LogP contribution in [0.25, 0.3) is 22.2 Å². The highest BCUT2D eigenvalue weighted by atomic mass is 16.6. The monoisotopic (exact) mass is 555 g/mol. The number of fused-ring (bicyclic) bond motifs is 1. The fourth-order valence-corrected chi connectivity index (χ4v) is 5.10. The van der Waals surface area contributed by atoms with Crippen LogP contribution in [0.2, 0.25) is 0 Å². The predicted octanol–water partition coefficient (Wildman–Crippen LogP) is 4.99. The van der Waals surface area contributed by atoms with Crippen molar-refractivity contribution in [1.29, 1.82) is 0 Å². The Hall–Kier alpha value is -4.18. The number of H-pyrrole nitrogens is 1. The molecule has 1 saturated carbocycles. The molecule has 4 heterocycles. The molecule has 3 aromatic heterocycles. The molecule has 0 spiro atoms. The number of anilines is 2. The van der Waals surface area contributed by atoms with Gasteiger partial charge in [0.15, 0.2) is 0 Å². The van der Waals surface area contributed by atoms with Crippen molar-refractivity contribution in [2.75, 3.05) is 31.5 Å². The van der Waals surface area contributed by atoms with E-state index in [1.54, 1.807) is 17.2 Å². The Kier molecular flexibility index (Phi) is 7.25. The number of carbonyl (C=O) groups excluding carboxylic acids is 1. The van der Waals surface area contributed by atoms with E-state index in [0.717, 1.165) is 53.9 Å². The Labute approximate surface area is 239 Å². The van der Waals surface area contributed by atoms with Crippen LogP contribution < -0.4 is 10.9 Å². The molecule has 1 aliphatic heterocycles. The van der Waals surface area contributed by atoms with Crippen LogP contribution in [-0.4, -0.2) is 67.2 Å². The summed E-state index contributed by atoms with van der Waals surface area (Å²) in [6, 6.07) is 13.7. The lowest BCUT2D eigenvalue weighted by atomic mass is 10.1. The lowest BCUT2D eigenvalue weighted by Gasteiger charge is -2.35. The van der Waals surface area contributed by atoms with Crippen molar-refractivity contribution in [2.24, 2.45) is 5.92 Å². The van der Waals surface area contributed by atoms with Crippen molar-refractivity contribution in [3.8, 4) is 11.1 Å². The number of nitrogens with zero attached hydrogens (tertiary/aromatic N) is 5. The Balaban J connectivity index is 1.08. The van der Waals surface area contributed by atoms with Gasteiger partial charge in [-0.05, 0) is 86.6 Å². The number of imidazole rings is 1. The second-order valence-electron chi connectivity index (χ2n) is 12.1. The maximum atomic E-state index is 12.6. The first kappa shape index (κ1) is 27.0. The number of aromatic amines is 1. The molecule has 214 valence electrons. The van der Waals surface area contributed by atoms with Gasteiger partial charge < -0.3 is 24.5 Å². The third-order valence-electron chi connectivity index (χ3n) is 7.46. The van der Waals surface area contributed by atoms with E-state index in [2.05, 4.69) is 25.2 Å². The first-order valence-electron chi connectivity index (χ1n) is 14.3. The maximum absolute atomic E-state index is 12.6. The highest BCUT2D eigenvalue weighted by Crippen LogP contribution is 2.30. The molecular weight excluding hydrogens is 518 g/mol. The first-order valence-corrected chi connectivity index (χ1v) is 14.3. The molecule has 0 atom stereocenters. The number of piperazine rings is 1. The van der Waals surface area contributed by atoms with Crippen LogP contribution in [0.3, 0.4) is 0 Å². The highest BCUT2D eigenvalue weighted by Gasteiger charge is 2.26. The molecule has 41 heavy (non-hydrogen) atoms. The van der Waals surface area contributed by atoms with E-state index in [1.807, 2.05) is 67.9 Å². The van der Waals surface area contributed by atoms with Crippen molar-refractivity contribution in [3.63, 3.8) is 0 Å². The van der Waals surface area contributed by atoms with Gasteiger partial charge in [-0.15, -0.1) is 0 Å². The second-order valence-corrected chi connectivity index (χ2v) is 12.1. The van der Waals surface area contributed by atoms with E-state index >= 15 is 0 Å². The van der Waals surface area contributed by atoms with E-state index in [1.165, 1.54) is 12.8 Å². The fourth-order valence-electron chi connectivity index (χ4n) is 5.10. The maximum Gasteiger partial charge on any atom is 0.410 e. The third-order valence-corrected chi connectivity index (χ3v) is 7.46. The number of hydrogen-bond donors (Lipinski definition) is 2. The standard InChI is InChI=1S/C31H37N7O3/c1-31(2,3)41-30(40)37-14-12-36(13-15-37)19-22-8-10-32-27(16-22)35-29-33-25-7-6-23(17-26(25)34-29)24-9-11-38(28(39)18-24)20-21-4-5-21/h6-11,16-18,21H,4-5,12-15,19-20H2,1-3H3,(H2,32,33,34,35). The van der Waals surface area contributed by atoms with Crippen LogP contribution >= 0.6 is 0 Å². The molecular formula is C31H37N7O3. The summed E-state index contributed by atoms with van der Waals surface area (Å²) < 4.78 is 7.31. The van der Waals surface area contributed by atoms with Gasteiger partial charge in [0.1, 0.15) is 11.4 Å². The Morgan fingerprint density at radius 2 is 1.83 bits per heavy atom. The molecule has 1 aromatic carbocycles. The topological polar surface area (TPSA) is 108 Å². The van der Waals surface area contributed by atoms with Gasteiger partial charge in [0, 0.05) is 57.7 Å². The fraction of sp³-hybridized carbons (Fsp3) is 0.419. The zero-order valence-corrected chi connectivity index (χ0v) is 23.9. The molecule has 2 fully saturated rings. The van der Waals surface area contributed by atoms with Crippen molar-refractivity contribution in [1.82, 2.24) is 29.3 Å². The molecule has 1 amide bonds. The van der Waals surface area contributed by atoms with Gasteiger partial charge in [0.25, 0.3) is 5.56 Å². The van der Waals surface area contributed by atoms with E-state index in [0.29, 0.717) is 30.8 Å². The Morgan fingerprint density at radius 1 is 1.05 bits per heavy atom. The lowest BCUT2D eigenvalue weighted by molar-refractivity contribution is 0.0139. The summed E-state index contributed by atoms with van der Waals surface area (Å²) in [6.45, 7) is 10.1. The summed E-state index contributed by atoms with van der Waals surface area (Å²) >= 11 is 0. The predicted molar refractivity (Wildman–Crippen MR) is 159 cm³/mol. The molecule has 4 aromatic rings. The van der Waals surface area contributed by atoms with Crippen LogP contribution in [0.1, 0.15) is 39.2 Å². The van der Waals surface area contributed by atoms with E-state index in [9.17, 15) is 9.59 Å². The summed E-state index contributed by atoms with van der Waals surface area (Å²) in [6.07, 6.45) is 5.88. The minimum atomic E-state index is -0.487. The first-order chi connectivity index (χ1) is 19.7. The summed E-state index contributed by atoms with van der Waals surface area (Å²) in [5.41, 5.74) is 4.26. The molecule has 0 unspecified atom stereocenters. The average molecular weight is 556 g/mol.